The summed E-state index contributed by atoms with van der Waals surface area (Å²) in [5, 5.41) is 22.9. The monoisotopic (exact) mass is 287 g/mol. The number of carboxylic acid groups (broad SMARTS) is 1. The molecule has 0 spiro atoms. The maximum atomic E-state index is 11.6. The molecular weight excluding hydrogens is 262 g/mol. The van der Waals surface area contributed by atoms with Crippen LogP contribution < -0.4 is 10.6 Å². The summed E-state index contributed by atoms with van der Waals surface area (Å²) in [7, 11) is 0. The van der Waals surface area contributed by atoms with Gasteiger partial charge in [0.25, 0.3) is 0 Å². The summed E-state index contributed by atoms with van der Waals surface area (Å²) in [5.74, 6) is -1.27. The van der Waals surface area contributed by atoms with Gasteiger partial charge >= 0.3 is 12.0 Å². The molecule has 116 valence electrons. The molecule has 0 saturated carbocycles. The number of urea groups is 1. The Morgan fingerprint density at radius 3 is 2.50 bits per heavy atom. The van der Waals surface area contributed by atoms with Crippen LogP contribution in [0.1, 0.15) is 32.6 Å². The maximum Gasteiger partial charge on any atom is 0.332 e. The van der Waals surface area contributed by atoms with E-state index in [1.807, 2.05) is 6.92 Å². The average Bonchev–Trinajstić information content (AvgIpc) is 2.39. The van der Waals surface area contributed by atoms with Crippen LogP contribution in [0.4, 0.5) is 4.79 Å². The van der Waals surface area contributed by atoms with Gasteiger partial charge in [-0.3, -0.25) is 0 Å². The van der Waals surface area contributed by atoms with E-state index in [4.69, 9.17) is 10.2 Å². The van der Waals surface area contributed by atoms with Crippen LogP contribution in [0.2, 0.25) is 0 Å². The molecule has 2 amide bonds. The van der Waals surface area contributed by atoms with Gasteiger partial charge in [-0.15, -0.1) is 0 Å². The molecule has 1 saturated heterocycles. The summed E-state index contributed by atoms with van der Waals surface area (Å²) in [6, 6.07) is -0.287. The Labute approximate surface area is 119 Å². The summed E-state index contributed by atoms with van der Waals surface area (Å²) < 4.78 is 0. The van der Waals surface area contributed by atoms with Gasteiger partial charge in [0.2, 0.25) is 0 Å². The molecule has 1 fully saturated rings. The highest BCUT2D eigenvalue weighted by molar-refractivity contribution is 5.74. The van der Waals surface area contributed by atoms with Crippen LogP contribution in [-0.4, -0.2) is 65.4 Å². The van der Waals surface area contributed by atoms with Crippen molar-refractivity contribution in [2.45, 2.75) is 44.8 Å². The smallest absolute Gasteiger partial charge is 0.332 e. The second-order valence-corrected chi connectivity index (χ2v) is 5.31. The molecule has 0 aliphatic carbocycles. The van der Waals surface area contributed by atoms with Crippen molar-refractivity contribution >= 4 is 12.0 Å². The topological polar surface area (TPSA) is 102 Å². The minimum Gasteiger partial charge on any atom is -0.479 e. The third kappa shape index (κ3) is 6.72. The lowest BCUT2D eigenvalue weighted by atomic mass is 10.1. The van der Waals surface area contributed by atoms with Crippen LogP contribution in [0, 0.1) is 0 Å². The summed E-state index contributed by atoms with van der Waals surface area (Å²) in [6.45, 7) is 5.07. The van der Waals surface area contributed by atoms with Crippen LogP contribution in [0.3, 0.4) is 0 Å². The number of aliphatic carboxylic acids is 1. The number of rotatable bonds is 7. The normalized spacial score (nSPS) is 19.1. The van der Waals surface area contributed by atoms with E-state index < -0.39 is 12.1 Å². The lowest BCUT2D eigenvalue weighted by molar-refractivity contribution is -0.146. The minimum atomic E-state index is -1.43. The van der Waals surface area contributed by atoms with Crippen LogP contribution in [0.5, 0.6) is 0 Å². The Kier molecular flexibility index (Phi) is 7.32. The molecule has 0 aromatic carbocycles. The number of aliphatic hydroxyl groups is 1. The number of carbonyl (C=O) groups is 2. The van der Waals surface area contributed by atoms with Crippen molar-refractivity contribution in [3.63, 3.8) is 0 Å². The number of hydrogen-bond donors (Lipinski definition) is 4. The fourth-order valence-electron chi connectivity index (χ4n) is 2.30. The van der Waals surface area contributed by atoms with Gasteiger partial charge in [0.15, 0.2) is 6.10 Å². The SMILES string of the molecule is CC(CN1CCCCC1)NC(=O)NCCC(O)C(=O)O. The van der Waals surface area contributed by atoms with Gasteiger partial charge in [-0.25, -0.2) is 9.59 Å². The van der Waals surface area contributed by atoms with E-state index in [9.17, 15) is 9.59 Å². The molecule has 1 heterocycles. The number of piperidine rings is 1. The number of carbonyl (C=O) groups excluding carboxylic acids is 1. The van der Waals surface area contributed by atoms with Gasteiger partial charge in [0, 0.05) is 25.6 Å². The van der Waals surface area contributed by atoms with E-state index in [0.29, 0.717) is 0 Å². The molecule has 7 nitrogen and oxygen atoms in total. The summed E-state index contributed by atoms with van der Waals surface area (Å²) in [4.78, 5) is 24.3. The fraction of sp³-hybridized carbons (Fsp3) is 0.846. The van der Waals surface area contributed by atoms with E-state index in [-0.39, 0.29) is 25.0 Å². The molecule has 2 atom stereocenters. The number of nitrogens with one attached hydrogen (secondary N) is 2. The minimum absolute atomic E-state index is 0.00323. The molecule has 1 rings (SSSR count). The number of hydrogen-bond acceptors (Lipinski definition) is 4. The Hall–Kier alpha value is -1.34. The van der Waals surface area contributed by atoms with Crippen molar-refractivity contribution in [1.82, 2.24) is 15.5 Å². The predicted octanol–water partition coefficient (Wildman–Crippen LogP) is -0.00440. The molecule has 1 aliphatic heterocycles. The van der Waals surface area contributed by atoms with Crippen molar-refractivity contribution in [3.05, 3.63) is 0 Å². The Balaban J connectivity index is 2.12. The predicted molar refractivity (Wildman–Crippen MR) is 74.5 cm³/mol. The fourth-order valence-corrected chi connectivity index (χ4v) is 2.30. The van der Waals surface area contributed by atoms with Gasteiger partial charge < -0.3 is 25.7 Å². The van der Waals surface area contributed by atoms with E-state index in [1.165, 1.54) is 19.3 Å². The zero-order valence-corrected chi connectivity index (χ0v) is 12.0. The van der Waals surface area contributed by atoms with Gasteiger partial charge in [-0.2, -0.15) is 0 Å². The van der Waals surface area contributed by atoms with Crippen LogP contribution in [-0.2, 0) is 4.79 Å². The molecule has 2 unspecified atom stereocenters. The Morgan fingerprint density at radius 2 is 1.90 bits per heavy atom. The maximum absolute atomic E-state index is 11.6. The van der Waals surface area contributed by atoms with E-state index in [2.05, 4.69) is 15.5 Å². The highest BCUT2D eigenvalue weighted by Crippen LogP contribution is 2.08. The molecule has 0 aromatic rings. The van der Waals surface area contributed by atoms with E-state index in [0.717, 1.165) is 19.6 Å². The summed E-state index contributed by atoms with van der Waals surface area (Å²) >= 11 is 0. The standard InChI is InChI=1S/C13H25N3O4/c1-10(9-16-7-3-2-4-8-16)15-13(20)14-6-5-11(17)12(18)19/h10-11,17H,2-9H2,1H3,(H,18,19)(H2,14,15,20). The highest BCUT2D eigenvalue weighted by Gasteiger charge is 2.16. The third-order valence-electron chi connectivity index (χ3n) is 3.35. The molecule has 0 bridgehead atoms. The highest BCUT2D eigenvalue weighted by atomic mass is 16.4. The number of likely N-dealkylation sites (tertiary alicyclic amines) is 1. The first kappa shape index (κ1) is 16.7. The number of carboxylic acids is 1. The van der Waals surface area contributed by atoms with E-state index in [1.54, 1.807) is 0 Å². The lowest BCUT2D eigenvalue weighted by Gasteiger charge is -2.29. The van der Waals surface area contributed by atoms with E-state index >= 15 is 0 Å². The number of aliphatic hydroxyl groups excluding tert-OH is 1. The first-order valence-corrected chi connectivity index (χ1v) is 7.16. The molecule has 7 heteroatoms. The molecule has 0 aromatic heterocycles. The van der Waals surface area contributed by atoms with Gasteiger partial charge in [0.05, 0.1) is 0 Å². The quantitative estimate of drug-likeness (QED) is 0.528. The largest absolute Gasteiger partial charge is 0.479 e. The van der Waals surface area contributed by atoms with Gasteiger partial charge in [-0.1, -0.05) is 6.42 Å². The van der Waals surface area contributed by atoms with Crippen molar-refractivity contribution in [3.8, 4) is 0 Å². The molecule has 20 heavy (non-hydrogen) atoms. The second kappa shape index (κ2) is 8.76. The number of amides is 2. The molecule has 4 N–H and O–H groups in total. The Bertz CT molecular complexity index is 319. The molecular formula is C13H25N3O4. The van der Waals surface area contributed by atoms with Gasteiger partial charge in [-0.05, 0) is 32.9 Å². The zero-order chi connectivity index (χ0) is 15.0. The van der Waals surface area contributed by atoms with Crippen molar-refractivity contribution < 1.29 is 19.8 Å². The molecule has 0 radical (unpaired) electrons. The first-order valence-electron chi connectivity index (χ1n) is 7.16. The van der Waals surface area contributed by atoms with Crippen LogP contribution >= 0.6 is 0 Å². The van der Waals surface area contributed by atoms with Crippen LogP contribution in [0.15, 0.2) is 0 Å². The number of nitrogens with zero attached hydrogens (tertiary/aromatic N) is 1. The van der Waals surface area contributed by atoms with Crippen molar-refractivity contribution in [1.29, 1.82) is 0 Å². The lowest BCUT2D eigenvalue weighted by Crippen LogP contribution is -2.47. The summed E-state index contributed by atoms with van der Waals surface area (Å²) in [6.07, 6.45) is 2.28. The second-order valence-electron chi connectivity index (χ2n) is 5.31. The molecule has 1 aliphatic rings. The van der Waals surface area contributed by atoms with Crippen molar-refractivity contribution in [2.24, 2.45) is 0 Å². The average molecular weight is 287 g/mol. The zero-order valence-electron chi connectivity index (χ0n) is 12.0. The van der Waals surface area contributed by atoms with Crippen molar-refractivity contribution in [2.75, 3.05) is 26.2 Å². The third-order valence-corrected chi connectivity index (χ3v) is 3.35. The Morgan fingerprint density at radius 1 is 1.25 bits per heavy atom. The van der Waals surface area contributed by atoms with Gasteiger partial charge in [0.1, 0.15) is 0 Å². The summed E-state index contributed by atoms with van der Waals surface area (Å²) in [5.41, 5.74) is 0. The van der Waals surface area contributed by atoms with Crippen LogP contribution in [0.25, 0.3) is 0 Å². The first-order chi connectivity index (χ1) is 9.49.